The third kappa shape index (κ3) is 8.51. The highest BCUT2D eigenvalue weighted by Crippen LogP contribution is 2.37. The van der Waals surface area contributed by atoms with Crippen molar-refractivity contribution in [2.24, 2.45) is 0 Å². The molecule has 0 aliphatic rings. The van der Waals surface area contributed by atoms with E-state index in [1.165, 1.54) is 29.2 Å². The van der Waals surface area contributed by atoms with Gasteiger partial charge < -0.3 is 10.2 Å². The number of rotatable bonds is 12. The normalized spacial score (nSPS) is 13.2. The molecular formula is C31H35ClF3N3O4S. The van der Waals surface area contributed by atoms with Crippen LogP contribution in [-0.2, 0) is 32.3 Å². The van der Waals surface area contributed by atoms with E-state index in [9.17, 15) is 31.2 Å². The summed E-state index contributed by atoms with van der Waals surface area (Å²) in [5.74, 6) is -1.22. The van der Waals surface area contributed by atoms with Gasteiger partial charge in [0.15, 0.2) is 0 Å². The van der Waals surface area contributed by atoms with Crippen LogP contribution in [0, 0.1) is 6.92 Å². The summed E-state index contributed by atoms with van der Waals surface area (Å²) in [5.41, 5.74) is 0.00961. The second-order valence-electron chi connectivity index (χ2n) is 10.2. The second kappa shape index (κ2) is 14.3. The lowest BCUT2D eigenvalue weighted by molar-refractivity contribution is -0.140. The largest absolute Gasteiger partial charge is 0.416 e. The Hall–Kier alpha value is -3.57. The highest BCUT2D eigenvalue weighted by molar-refractivity contribution is 7.92. The summed E-state index contributed by atoms with van der Waals surface area (Å²) < 4.78 is 69.4. The van der Waals surface area contributed by atoms with Gasteiger partial charge in [-0.1, -0.05) is 73.5 Å². The van der Waals surface area contributed by atoms with Gasteiger partial charge in [0.1, 0.15) is 12.6 Å². The molecule has 3 aromatic carbocycles. The monoisotopic (exact) mass is 637 g/mol. The summed E-state index contributed by atoms with van der Waals surface area (Å²) in [6.45, 7) is 6.38. The van der Waals surface area contributed by atoms with Crippen molar-refractivity contribution >= 4 is 39.1 Å². The number of amides is 2. The number of carbonyl (C=O) groups excluding carboxylic acids is 2. The third-order valence-corrected chi connectivity index (χ3v) is 9.11. The highest BCUT2D eigenvalue weighted by atomic mass is 35.5. The van der Waals surface area contributed by atoms with Crippen molar-refractivity contribution in [3.05, 3.63) is 94.5 Å². The van der Waals surface area contributed by atoms with E-state index in [1.807, 2.05) is 32.9 Å². The van der Waals surface area contributed by atoms with Gasteiger partial charge in [0.2, 0.25) is 11.8 Å². The van der Waals surface area contributed by atoms with Gasteiger partial charge in [-0.2, -0.15) is 13.2 Å². The Bertz CT molecular complexity index is 1520. The van der Waals surface area contributed by atoms with E-state index < -0.39 is 51.9 Å². The van der Waals surface area contributed by atoms with Gasteiger partial charge in [-0.25, -0.2) is 8.42 Å². The molecule has 0 aliphatic heterocycles. The molecule has 0 aromatic heterocycles. The van der Waals surface area contributed by atoms with Gasteiger partial charge in [0, 0.05) is 12.6 Å². The first-order valence-electron chi connectivity index (χ1n) is 13.8. The fourth-order valence-electron chi connectivity index (χ4n) is 4.36. The molecule has 3 aromatic rings. The Balaban J connectivity index is 2.15. The van der Waals surface area contributed by atoms with Crippen molar-refractivity contribution in [2.45, 2.75) is 70.2 Å². The van der Waals surface area contributed by atoms with Crippen LogP contribution in [0.2, 0.25) is 5.02 Å². The summed E-state index contributed by atoms with van der Waals surface area (Å²) in [7, 11) is -4.59. The van der Waals surface area contributed by atoms with Crippen molar-refractivity contribution < 1.29 is 31.2 Å². The predicted molar refractivity (Wildman–Crippen MR) is 161 cm³/mol. The molecule has 0 unspecified atom stereocenters. The topological polar surface area (TPSA) is 86.8 Å². The van der Waals surface area contributed by atoms with Gasteiger partial charge in [0.25, 0.3) is 10.0 Å². The van der Waals surface area contributed by atoms with Crippen molar-refractivity contribution in [2.75, 3.05) is 10.8 Å². The molecule has 1 N–H and O–H groups in total. The number of halogens is 4. The first kappa shape index (κ1) is 33.9. The molecule has 2 amide bonds. The molecule has 0 saturated heterocycles. The molecule has 0 aliphatic carbocycles. The lowest BCUT2D eigenvalue weighted by Crippen LogP contribution is -2.53. The van der Waals surface area contributed by atoms with E-state index in [0.29, 0.717) is 22.4 Å². The van der Waals surface area contributed by atoms with Crippen LogP contribution < -0.4 is 9.62 Å². The minimum Gasteiger partial charge on any atom is -0.352 e. The molecule has 43 heavy (non-hydrogen) atoms. The molecule has 7 nitrogen and oxygen atoms in total. The summed E-state index contributed by atoms with van der Waals surface area (Å²) in [5, 5.41) is 2.58. The SMILES string of the molecule is CC[C@H](C(=O)N[C@@H](C)CC)N(Cc1ccc(C)cc1)C(=O)CN(c1cc(C(F)(F)F)ccc1Cl)S(=O)(=O)c1ccccc1. The molecule has 2 atom stereocenters. The van der Waals surface area contributed by atoms with Crippen molar-refractivity contribution in [3.63, 3.8) is 0 Å². The minimum absolute atomic E-state index is 0.0406. The third-order valence-electron chi connectivity index (χ3n) is 7.01. The number of hydrogen-bond donors (Lipinski definition) is 1. The summed E-state index contributed by atoms with van der Waals surface area (Å²) in [6.07, 6.45) is -3.95. The maximum atomic E-state index is 14.1. The number of alkyl halides is 3. The van der Waals surface area contributed by atoms with Crippen LogP contribution in [-0.4, -0.2) is 43.8 Å². The summed E-state index contributed by atoms with van der Waals surface area (Å²) in [6, 6.07) is 15.4. The average molecular weight is 638 g/mol. The van der Waals surface area contributed by atoms with E-state index >= 15 is 0 Å². The summed E-state index contributed by atoms with van der Waals surface area (Å²) >= 11 is 6.29. The number of nitrogens with zero attached hydrogens (tertiary/aromatic N) is 2. The molecule has 0 heterocycles. The number of carbonyl (C=O) groups is 2. The van der Waals surface area contributed by atoms with Crippen molar-refractivity contribution in [1.82, 2.24) is 10.2 Å². The summed E-state index contributed by atoms with van der Waals surface area (Å²) in [4.78, 5) is 28.5. The molecule has 0 bridgehead atoms. The van der Waals surface area contributed by atoms with Gasteiger partial charge >= 0.3 is 6.18 Å². The lowest BCUT2D eigenvalue weighted by Gasteiger charge is -2.34. The first-order valence-corrected chi connectivity index (χ1v) is 15.6. The Morgan fingerprint density at radius 2 is 1.58 bits per heavy atom. The van der Waals surface area contributed by atoms with Crippen molar-refractivity contribution in [1.29, 1.82) is 0 Å². The number of nitrogens with one attached hydrogen (secondary N) is 1. The minimum atomic E-state index is -4.80. The second-order valence-corrected chi connectivity index (χ2v) is 12.5. The molecule has 232 valence electrons. The van der Waals surface area contributed by atoms with E-state index in [1.54, 1.807) is 25.1 Å². The van der Waals surface area contributed by atoms with Crippen LogP contribution in [0.5, 0.6) is 0 Å². The Morgan fingerprint density at radius 1 is 0.953 bits per heavy atom. The maximum Gasteiger partial charge on any atom is 0.416 e. The maximum absolute atomic E-state index is 14.1. The van der Waals surface area contributed by atoms with Crippen LogP contribution in [0.25, 0.3) is 0 Å². The highest BCUT2D eigenvalue weighted by Gasteiger charge is 2.37. The molecule has 0 radical (unpaired) electrons. The Labute approximate surface area is 255 Å². The van der Waals surface area contributed by atoms with Crippen LogP contribution in [0.4, 0.5) is 18.9 Å². The molecule has 0 saturated carbocycles. The molecule has 0 fully saturated rings. The average Bonchev–Trinajstić information content (AvgIpc) is 2.96. The lowest BCUT2D eigenvalue weighted by atomic mass is 10.1. The molecule has 0 spiro atoms. The van der Waals surface area contributed by atoms with Crippen LogP contribution in [0.3, 0.4) is 0 Å². The zero-order chi connectivity index (χ0) is 31.9. The van der Waals surface area contributed by atoms with Crippen LogP contribution in [0.1, 0.15) is 50.3 Å². The van der Waals surface area contributed by atoms with E-state index in [0.717, 1.165) is 17.7 Å². The molecule has 3 rings (SSSR count). The predicted octanol–water partition coefficient (Wildman–Crippen LogP) is 6.58. The number of aryl methyl sites for hydroxylation is 1. The number of anilines is 1. The van der Waals surface area contributed by atoms with Gasteiger partial charge in [-0.3, -0.25) is 13.9 Å². The van der Waals surface area contributed by atoms with E-state index in [-0.39, 0.29) is 28.9 Å². The quantitative estimate of drug-likeness (QED) is 0.243. The fraction of sp³-hybridized carbons (Fsp3) is 0.355. The smallest absolute Gasteiger partial charge is 0.352 e. The number of benzene rings is 3. The number of sulfonamides is 1. The Kier molecular flexibility index (Phi) is 11.3. The first-order chi connectivity index (χ1) is 20.2. The van der Waals surface area contributed by atoms with Gasteiger partial charge in [-0.15, -0.1) is 0 Å². The van der Waals surface area contributed by atoms with Crippen LogP contribution >= 0.6 is 11.6 Å². The molecular weight excluding hydrogens is 603 g/mol. The fourth-order valence-corrected chi connectivity index (χ4v) is 6.08. The van der Waals surface area contributed by atoms with E-state index in [2.05, 4.69) is 5.32 Å². The van der Waals surface area contributed by atoms with E-state index in [4.69, 9.17) is 11.6 Å². The van der Waals surface area contributed by atoms with Gasteiger partial charge in [-0.05, 0) is 62.6 Å². The van der Waals surface area contributed by atoms with Crippen molar-refractivity contribution in [3.8, 4) is 0 Å². The number of hydrogen-bond acceptors (Lipinski definition) is 4. The van der Waals surface area contributed by atoms with Crippen LogP contribution in [0.15, 0.2) is 77.7 Å². The standard InChI is InChI=1S/C31H35ClF3N3O4S/c1-5-22(4)36-30(40)27(6-2)37(19-23-14-12-21(3)13-15-23)29(39)20-38(43(41,42)25-10-8-7-9-11-25)28-18-24(31(33,34)35)16-17-26(28)32/h7-18,22,27H,5-6,19-20H2,1-4H3,(H,36,40)/t22-,27+/m0/s1. The Morgan fingerprint density at radius 3 is 2.14 bits per heavy atom. The zero-order valence-electron chi connectivity index (χ0n) is 24.4. The molecule has 12 heteroatoms. The zero-order valence-corrected chi connectivity index (χ0v) is 25.9. The van der Waals surface area contributed by atoms with Gasteiger partial charge in [0.05, 0.1) is 21.2 Å².